The molecule has 0 heterocycles. The van der Waals surface area contributed by atoms with E-state index < -0.39 is 23.1 Å². The molecule has 2 aromatic rings. The van der Waals surface area contributed by atoms with Crippen molar-refractivity contribution in [1.82, 2.24) is 0 Å². The number of halogens is 2. The van der Waals surface area contributed by atoms with E-state index in [1.807, 2.05) is 0 Å². The van der Waals surface area contributed by atoms with Crippen LogP contribution in [0.3, 0.4) is 0 Å². The Bertz CT molecular complexity index is 611. The Morgan fingerprint density at radius 1 is 1.00 bits per heavy atom. The largest absolute Gasteiger partial charge is 0.479 e. The average Bonchev–Trinajstić information content (AvgIpc) is 2.42. The summed E-state index contributed by atoms with van der Waals surface area (Å²) in [5, 5.41) is 12.3. The van der Waals surface area contributed by atoms with Crippen molar-refractivity contribution in [1.29, 1.82) is 0 Å². The molecule has 5 heteroatoms. The van der Waals surface area contributed by atoms with Gasteiger partial charge in [0, 0.05) is 5.69 Å². The van der Waals surface area contributed by atoms with Gasteiger partial charge in [-0.15, -0.1) is 0 Å². The van der Waals surface area contributed by atoms with Gasteiger partial charge in [-0.3, -0.25) is 0 Å². The molecule has 0 amide bonds. The van der Waals surface area contributed by atoms with Crippen LogP contribution < -0.4 is 5.32 Å². The van der Waals surface area contributed by atoms with Gasteiger partial charge in [0.25, 0.3) is 0 Å². The maximum atomic E-state index is 12.9. The second-order valence-electron chi connectivity index (χ2n) is 4.57. The Morgan fingerprint density at radius 2 is 1.45 bits per heavy atom. The fraction of sp³-hybridized carbons (Fsp3) is 0.133. The topological polar surface area (TPSA) is 49.3 Å². The van der Waals surface area contributed by atoms with E-state index in [2.05, 4.69) is 5.32 Å². The van der Waals surface area contributed by atoms with Crippen LogP contribution in [0, 0.1) is 11.6 Å². The fourth-order valence-electron chi connectivity index (χ4n) is 1.85. The molecule has 0 aliphatic heterocycles. The van der Waals surface area contributed by atoms with E-state index in [9.17, 15) is 18.7 Å². The van der Waals surface area contributed by atoms with E-state index in [-0.39, 0.29) is 0 Å². The van der Waals surface area contributed by atoms with Gasteiger partial charge >= 0.3 is 5.97 Å². The standard InChI is InChI=1S/C15H13F2NO2/c1-15(14(19)20,10-2-4-11(16)5-3-10)18-13-8-6-12(17)7-9-13/h2-9,18H,1H3,(H,19,20). The molecule has 3 nitrogen and oxygen atoms in total. The highest BCUT2D eigenvalue weighted by Crippen LogP contribution is 2.27. The minimum atomic E-state index is -1.44. The molecule has 2 N–H and O–H groups in total. The number of hydrogen-bond donors (Lipinski definition) is 2. The number of anilines is 1. The highest BCUT2D eigenvalue weighted by molar-refractivity contribution is 5.84. The lowest BCUT2D eigenvalue weighted by Gasteiger charge is -2.28. The van der Waals surface area contributed by atoms with Crippen LogP contribution in [0.25, 0.3) is 0 Å². The van der Waals surface area contributed by atoms with Crippen molar-refractivity contribution < 1.29 is 18.7 Å². The molecular formula is C15H13F2NO2. The van der Waals surface area contributed by atoms with Crippen LogP contribution in [-0.2, 0) is 10.3 Å². The van der Waals surface area contributed by atoms with Crippen LogP contribution in [0.5, 0.6) is 0 Å². The molecule has 0 bridgehead atoms. The maximum Gasteiger partial charge on any atom is 0.333 e. The van der Waals surface area contributed by atoms with Crippen LogP contribution in [0.1, 0.15) is 12.5 Å². The first kappa shape index (κ1) is 14.0. The minimum Gasteiger partial charge on any atom is -0.479 e. The predicted octanol–water partition coefficient (Wildman–Crippen LogP) is 3.38. The number of rotatable bonds is 4. The molecule has 1 atom stereocenters. The third kappa shape index (κ3) is 2.77. The second kappa shape index (κ2) is 5.28. The molecule has 0 aliphatic rings. The summed E-state index contributed by atoms with van der Waals surface area (Å²) in [7, 11) is 0. The average molecular weight is 277 g/mol. The number of hydrogen-bond acceptors (Lipinski definition) is 2. The number of aliphatic carboxylic acids is 1. The molecule has 1 unspecified atom stereocenters. The molecule has 0 aliphatic carbocycles. The highest BCUT2D eigenvalue weighted by atomic mass is 19.1. The zero-order valence-corrected chi connectivity index (χ0v) is 10.7. The first-order valence-corrected chi connectivity index (χ1v) is 5.95. The molecule has 0 spiro atoms. The lowest BCUT2D eigenvalue weighted by molar-refractivity contribution is -0.142. The van der Waals surface area contributed by atoms with Crippen LogP contribution in [0.2, 0.25) is 0 Å². The number of carboxylic acid groups (broad SMARTS) is 1. The Balaban J connectivity index is 2.37. The van der Waals surface area contributed by atoms with Crippen molar-refractivity contribution in [3.63, 3.8) is 0 Å². The monoisotopic (exact) mass is 277 g/mol. The van der Waals surface area contributed by atoms with Crippen molar-refractivity contribution in [3.8, 4) is 0 Å². The number of carbonyl (C=O) groups is 1. The molecular weight excluding hydrogens is 264 g/mol. The molecule has 20 heavy (non-hydrogen) atoms. The lowest BCUT2D eigenvalue weighted by atomic mass is 9.91. The molecule has 0 aromatic heterocycles. The zero-order chi connectivity index (χ0) is 14.8. The van der Waals surface area contributed by atoms with E-state index in [4.69, 9.17) is 0 Å². The van der Waals surface area contributed by atoms with Crippen LogP contribution in [0.15, 0.2) is 48.5 Å². The van der Waals surface area contributed by atoms with Crippen molar-refractivity contribution in [3.05, 3.63) is 65.7 Å². The lowest BCUT2D eigenvalue weighted by Crippen LogP contribution is -2.40. The van der Waals surface area contributed by atoms with Gasteiger partial charge in [-0.05, 0) is 48.9 Å². The summed E-state index contributed by atoms with van der Waals surface area (Å²) in [6.07, 6.45) is 0. The Kier molecular flexibility index (Phi) is 3.70. The predicted molar refractivity (Wildman–Crippen MR) is 71.4 cm³/mol. The summed E-state index contributed by atoms with van der Waals surface area (Å²) in [5.74, 6) is -1.97. The smallest absolute Gasteiger partial charge is 0.333 e. The van der Waals surface area contributed by atoms with Crippen molar-refractivity contribution in [2.75, 3.05) is 5.32 Å². The van der Waals surface area contributed by atoms with E-state index in [0.717, 1.165) is 0 Å². The summed E-state index contributed by atoms with van der Waals surface area (Å²) in [6, 6.07) is 10.6. The number of carboxylic acids is 1. The quantitative estimate of drug-likeness (QED) is 0.900. The highest BCUT2D eigenvalue weighted by Gasteiger charge is 2.35. The van der Waals surface area contributed by atoms with Gasteiger partial charge in [0.2, 0.25) is 0 Å². The van der Waals surface area contributed by atoms with E-state index in [1.165, 1.54) is 55.5 Å². The fourth-order valence-corrected chi connectivity index (χ4v) is 1.85. The Hall–Kier alpha value is -2.43. The maximum absolute atomic E-state index is 12.9. The molecule has 2 aromatic carbocycles. The van der Waals surface area contributed by atoms with Gasteiger partial charge in [0.05, 0.1) is 0 Å². The van der Waals surface area contributed by atoms with Crippen LogP contribution >= 0.6 is 0 Å². The van der Waals surface area contributed by atoms with E-state index in [1.54, 1.807) is 0 Å². The summed E-state index contributed by atoms with van der Waals surface area (Å²) < 4.78 is 25.8. The van der Waals surface area contributed by atoms with Crippen molar-refractivity contribution in [2.24, 2.45) is 0 Å². The van der Waals surface area contributed by atoms with Gasteiger partial charge < -0.3 is 10.4 Å². The molecule has 2 rings (SSSR count). The summed E-state index contributed by atoms with van der Waals surface area (Å²) in [5.41, 5.74) is -0.581. The Morgan fingerprint density at radius 3 is 1.90 bits per heavy atom. The summed E-state index contributed by atoms with van der Waals surface area (Å²) in [6.45, 7) is 1.46. The summed E-state index contributed by atoms with van der Waals surface area (Å²) in [4.78, 5) is 11.5. The van der Waals surface area contributed by atoms with Crippen molar-refractivity contribution >= 4 is 11.7 Å². The molecule has 0 saturated heterocycles. The van der Waals surface area contributed by atoms with E-state index in [0.29, 0.717) is 11.3 Å². The van der Waals surface area contributed by atoms with Crippen molar-refractivity contribution in [2.45, 2.75) is 12.5 Å². The molecule has 0 fully saturated rings. The van der Waals surface area contributed by atoms with E-state index >= 15 is 0 Å². The third-order valence-electron chi connectivity index (χ3n) is 3.09. The van der Waals surface area contributed by atoms with Gasteiger partial charge in [0.1, 0.15) is 11.6 Å². The van der Waals surface area contributed by atoms with Crippen LogP contribution in [0.4, 0.5) is 14.5 Å². The first-order chi connectivity index (χ1) is 9.41. The molecule has 104 valence electrons. The van der Waals surface area contributed by atoms with Gasteiger partial charge in [0.15, 0.2) is 5.54 Å². The van der Waals surface area contributed by atoms with Crippen LogP contribution in [-0.4, -0.2) is 11.1 Å². The number of nitrogens with one attached hydrogen (secondary N) is 1. The van der Waals surface area contributed by atoms with Gasteiger partial charge in [-0.2, -0.15) is 0 Å². The minimum absolute atomic E-state index is 0.399. The normalized spacial score (nSPS) is 13.6. The zero-order valence-electron chi connectivity index (χ0n) is 10.7. The third-order valence-corrected chi connectivity index (χ3v) is 3.09. The van der Waals surface area contributed by atoms with Gasteiger partial charge in [-0.1, -0.05) is 12.1 Å². The molecule has 0 radical (unpaired) electrons. The summed E-state index contributed by atoms with van der Waals surface area (Å²) >= 11 is 0. The number of benzene rings is 2. The Labute approximate surface area is 114 Å². The first-order valence-electron chi connectivity index (χ1n) is 5.95. The van der Waals surface area contributed by atoms with Gasteiger partial charge in [-0.25, -0.2) is 13.6 Å². The molecule has 0 saturated carbocycles. The second-order valence-corrected chi connectivity index (χ2v) is 4.57. The SMILES string of the molecule is CC(Nc1ccc(F)cc1)(C(=O)O)c1ccc(F)cc1.